The second kappa shape index (κ2) is 7.75. The first kappa shape index (κ1) is 17.6. The lowest BCUT2D eigenvalue weighted by molar-refractivity contribution is -0.384. The largest absolute Gasteiger partial charge is 0.339 e. The summed E-state index contributed by atoms with van der Waals surface area (Å²) in [5.41, 5.74) is 1.02. The Morgan fingerprint density at radius 2 is 2.00 bits per heavy atom. The second-order valence-electron chi connectivity index (χ2n) is 5.37. The molecule has 1 amide bonds. The van der Waals surface area contributed by atoms with E-state index in [0.717, 1.165) is 5.56 Å². The molecule has 0 saturated heterocycles. The lowest BCUT2D eigenvalue weighted by Crippen LogP contribution is -2.12. The summed E-state index contributed by atoms with van der Waals surface area (Å²) in [5.74, 6) is 0.427. The number of amides is 1. The van der Waals surface area contributed by atoms with Gasteiger partial charge in [-0.15, -0.1) is 0 Å². The SMILES string of the molecule is O=C(CCc1nc(-c2ccc(Cl)cc2)no1)Nc1cccc([N+](=O)[O-])c1. The summed E-state index contributed by atoms with van der Waals surface area (Å²) in [4.78, 5) is 26.5. The number of carbonyl (C=O) groups excluding carboxylic acids is 1. The maximum absolute atomic E-state index is 12.0. The Kier molecular flexibility index (Phi) is 5.23. The topological polar surface area (TPSA) is 111 Å². The van der Waals surface area contributed by atoms with Gasteiger partial charge in [0.05, 0.1) is 4.92 Å². The van der Waals surface area contributed by atoms with Crippen molar-refractivity contribution in [1.29, 1.82) is 0 Å². The van der Waals surface area contributed by atoms with E-state index in [4.69, 9.17) is 16.1 Å². The summed E-state index contributed by atoms with van der Waals surface area (Å²) >= 11 is 5.84. The lowest BCUT2D eigenvalue weighted by atomic mass is 10.2. The number of halogens is 1. The standard InChI is InChI=1S/C17H13ClN4O4/c18-12-6-4-11(5-7-12)17-20-16(26-21-17)9-8-15(23)19-13-2-1-3-14(10-13)22(24)25/h1-7,10H,8-9H2,(H,19,23). The molecule has 26 heavy (non-hydrogen) atoms. The molecule has 3 rings (SSSR count). The van der Waals surface area contributed by atoms with Crippen LogP contribution in [-0.4, -0.2) is 21.0 Å². The first-order valence-corrected chi connectivity index (χ1v) is 8.02. The van der Waals surface area contributed by atoms with E-state index in [0.29, 0.717) is 22.4 Å². The molecule has 1 aromatic heterocycles. The summed E-state index contributed by atoms with van der Waals surface area (Å²) in [6.07, 6.45) is 0.353. The van der Waals surface area contributed by atoms with Crippen LogP contribution in [0.2, 0.25) is 5.02 Å². The van der Waals surface area contributed by atoms with Gasteiger partial charge < -0.3 is 9.84 Å². The molecular weight excluding hydrogens is 360 g/mol. The summed E-state index contributed by atoms with van der Waals surface area (Å²) in [6, 6.07) is 12.7. The number of carbonyl (C=O) groups is 1. The van der Waals surface area contributed by atoms with Crippen LogP contribution in [-0.2, 0) is 11.2 Å². The van der Waals surface area contributed by atoms with Crippen molar-refractivity contribution in [2.45, 2.75) is 12.8 Å². The van der Waals surface area contributed by atoms with Crippen molar-refractivity contribution < 1.29 is 14.2 Å². The Hall–Kier alpha value is -3.26. The number of hydrogen-bond acceptors (Lipinski definition) is 6. The van der Waals surface area contributed by atoms with E-state index in [-0.39, 0.29) is 24.4 Å². The van der Waals surface area contributed by atoms with E-state index in [1.165, 1.54) is 18.2 Å². The van der Waals surface area contributed by atoms with E-state index in [9.17, 15) is 14.9 Å². The molecule has 2 aromatic carbocycles. The van der Waals surface area contributed by atoms with E-state index >= 15 is 0 Å². The summed E-state index contributed by atoms with van der Waals surface area (Å²) in [5, 5.41) is 17.8. The van der Waals surface area contributed by atoms with Crippen molar-refractivity contribution in [1.82, 2.24) is 10.1 Å². The van der Waals surface area contributed by atoms with Gasteiger partial charge in [-0.3, -0.25) is 14.9 Å². The number of nitro benzene ring substituents is 1. The average molecular weight is 373 g/mol. The Morgan fingerprint density at radius 1 is 1.23 bits per heavy atom. The smallest absolute Gasteiger partial charge is 0.271 e. The third-order valence-corrected chi connectivity index (χ3v) is 3.73. The molecule has 0 spiro atoms. The molecule has 0 atom stereocenters. The quantitative estimate of drug-likeness (QED) is 0.519. The van der Waals surface area contributed by atoms with Gasteiger partial charge in [-0.05, 0) is 30.3 Å². The van der Waals surface area contributed by atoms with Crippen molar-refractivity contribution in [3.63, 3.8) is 0 Å². The molecule has 8 nitrogen and oxygen atoms in total. The van der Waals surface area contributed by atoms with Crippen LogP contribution < -0.4 is 5.32 Å². The van der Waals surface area contributed by atoms with Gasteiger partial charge >= 0.3 is 0 Å². The second-order valence-corrected chi connectivity index (χ2v) is 5.81. The number of aryl methyl sites for hydroxylation is 1. The molecule has 0 aliphatic heterocycles. The van der Waals surface area contributed by atoms with Crippen LogP contribution in [0.5, 0.6) is 0 Å². The highest BCUT2D eigenvalue weighted by molar-refractivity contribution is 6.30. The number of benzene rings is 2. The number of nitrogens with one attached hydrogen (secondary N) is 1. The van der Waals surface area contributed by atoms with E-state index in [1.54, 1.807) is 30.3 Å². The number of non-ortho nitro benzene ring substituents is 1. The van der Waals surface area contributed by atoms with Gasteiger partial charge in [0.2, 0.25) is 17.6 Å². The molecule has 0 aliphatic carbocycles. The summed E-state index contributed by atoms with van der Waals surface area (Å²) < 4.78 is 5.14. The van der Waals surface area contributed by atoms with E-state index in [1.807, 2.05) is 0 Å². The maximum Gasteiger partial charge on any atom is 0.271 e. The predicted octanol–water partition coefficient (Wildman–Crippen LogP) is 3.87. The molecular formula is C17H13ClN4O4. The molecule has 9 heteroatoms. The molecule has 0 saturated carbocycles. The average Bonchev–Trinajstić information content (AvgIpc) is 3.10. The fourth-order valence-corrected chi connectivity index (χ4v) is 2.34. The highest BCUT2D eigenvalue weighted by atomic mass is 35.5. The van der Waals surface area contributed by atoms with Crippen LogP contribution in [0.25, 0.3) is 11.4 Å². The van der Waals surface area contributed by atoms with Crippen molar-refractivity contribution in [2.24, 2.45) is 0 Å². The Bertz CT molecular complexity index is 940. The van der Waals surface area contributed by atoms with Gasteiger partial charge in [-0.1, -0.05) is 22.8 Å². The molecule has 132 valence electrons. The summed E-state index contributed by atoms with van der Waals surface area (Å²) in [6.45, 7) is 0. The monoisotopic (exact) mass is 372 g/mol. The Morgan fingerprint density at radius 3 is 2.73 bits per heavy atom. The maximum atomic E-state index is 12.0. The zero-order valence-corrected chi connectivity index (χ0v) is 14.1. The highest BCUT2D eigenvalue weighted by Gasteiger charge is 2.12. The van der Waals surface area contributed by atoms with E-state index < -0.39 is 4.92 Å². The third kappa shape index (κ3) is 4.42. The molecule has 0 bridgehead atoms. The van der Waals surface area contributed by atoms with Crippen LogP contribution in [0, 0.1) is 10.1 Å². The number of nitrogens with zero attached hydrogens (tertiary/aromatic N) is 3. The van der Waals surface area contributed by atoms with Crippen LogP contribution >= 0.6 is 11.6 Å². The van der Waals surface area contributed by atoms with Crippen LogP contribution in [0.4, 0.5) is 11.4 Å². The van der Waals surface area contributed by atoms with Crippen LogP contribution in [0.1, 0.15) is 12.3 Å². The Labute approximate surface area is 152 Å². The van der Waals surface area contributed by atoms with Gasteiger partial charge in [-0.2, -0.15) is 4.98 Å². The normalized spacial score (nSPS) is 10.5. The van der Waals surface area contributed by atoms with Gasteiger partial charge in [0.1, 0.15) is 0 Å². The van der Waals surface area contributed by atoms with Gasteiger partial charge in [0.15, 0.2) is 0 Å². The van der Waals surface area contributed by atoms with E-state index in [2.05, 4.69) is 15.5 Å². The fraction of sp³-hybridized carbons (Fsp3) is 0.118. The minimum absolute atomic E-state index is 0.0905. The van der Waals surface area contributed by atoms with Gasteiger partial charge in [0.25, 0.3) is 5.69 Å². The third-order valence-electron chi connectivity index (χ3n) is 3.48. The molecule has 0 radical (unpaired) electrons. The first-order chi connectivity index (χ1) is 12.5. The highest BCUT2D eigenvalue weighted by Crippen LogP contribution is 2.20. The lowest BCUT2D eigenvalue weighted by Gasteiger charge is -2.03. The Balaban J connectivity index is 1.57. The molecule has 1 heterocycles. The van der Waals surface area contributed by atoms with Crippen molar-refractivity contribution in [3.8, 4) is 11.4 Å². The number of aromatic nitrogens is 2. The summed E-state index contributed by atoms with van der Waals surface area (Å²) in [7, 11) is 0. The molecule has 0 unspecified atom stereocenters. The zero-order valence-electron chi connectivity index (χ0n) is 13.4. The molecule has 3 aromatic rings. The fourth-order valence-electron chi connectivity index (χ4n) is 2.21. The number of anilines is 1. The van der Waals surface area contributed by atoms with Crippen molar-refractivity contribution >= 4 is 28.9 Å². The number of rotatable bonds is 6. The number of nitro groups is 1. The molecule has 1 N–H and O–H groups in total. The molecule has 0 aliphatic rings. The number of hydrogen-bond donors (Lipinski definition) is 1. The zero-order chi connectivity index (χ0) is 18.5. The first-order valence-electron chi connectivity index (χ1n) is 7.64. The predicted molar refractivity (Wildman–Crippen MR) is 94.8 cm³/mol. The van der Waals surface area contributed by atoms with Crippen LogP contribution in [0.15, 0.2) is 53.1 Å². The van der Waals surface area contributed by atoms with Crippen molar-refractivity contribution in [2.75, 3.05) is 5.32 Å². The van der Waals surface area contributed by atoms with Gasteiger partial charge in [-0.25, -0.2) is 0 Å². The minimum atomic E-state index is -0.521. The van der Waals surface area contributed by atoms with Gasteiger partial charge in [0, 0.05) is 41.2 Å². The minimum Gasteiger partial charge on any atom is -0.339 e. The van der Waals surface area contributed by atoms with Crippen LogP contribution in [0.3, 0.4) is 0 Å². The van der Waals surface area contributed by atoms with Crippen molar-refractivity contribution in [3.05, 3.63) is 69.6 Å². The molecule has 0 fully saturated rings.